The van der Waals surface area contributed by atoms with Gasteiger partial charge in [-0.25, -0.2) is 0 Å². The van der Waals surface area contributed by atoms with Gasteiger partial charge in [0.15, 0.2) is 0 Å². The third kappa shape index (κ3) is 10.7. The van der Waals surface area contributed by atoms with Crippen LogP contribution in [0.15, 0.2) is 0 Å². The molecule has 2 nitrogen and oxygen atoms in total. The smallest absolute Gasteiger partial charge is 0.0697 e. The largest absolute Gasteiger partial charge is 0.394 e. The van der Waals surface area contributed by atoms with Gasteiger partial charge in [0.2, 0.25) is 0 Å². The molecule has 0 spiro atoms. The second kappa shape index (κ2) is 9.28. The first-order valence-corrected chi connectivity index (χ1v) is 2.10. The lowest BCUT2D eigenvalue weighted by Crippen LogP contribution is -1.96. The molecule has 0 aliphatic heterocycles. The van der Waals surface area contributed by atoms with E-state index < -0.39 is 0 Å². The fourth-order valence-electron chi connectivity index (χ4n) is 0.209. The molecule has 0 unspecified atom stereocenters. The molecule has 0 amide bonds. The lowest BCUT2D eigenvalue weighted by atomic mass is 10.8. The highest BCUT2D eigenvalue weighted by Crippen LogP contribution is 1.66. The van der Waals surface area contributed by atoms with Crippen LogP contribution in [0.1, 0.15) is 6.92 Å². The van der Waals surface area contributed by atoms with Crippen LogP contribution in [-0.4, -0.2) is 24.9 Å². The Balaban J connectivity index is 0. The van der Waals surface area contributed by atoms with Crippen LogP contribution >= 0.6 is 0 Å². The Labute approximate surface area is 42.5 Å². The molecule has 3 heteroatoms. The predicted octanol–water partition coefficient (Wildman–Crippen LogP) is 0.168. The molecule has 0 saturated carbocycles. The molecule has 0 saturated heterocycles. The topological polar surface area (TPSA) is 29.5 Å². The number of ether oxygens (including phenoxy) is 1. The van der Waals surface area contributed by atoms with E-state index in [1.54, 1.807) is 0 Å². The van der Waals surface area contributed by atoms with Gasteiger partial charge in [-0.3, -0.25) is 4.70 Å². The predicted molar refractivity (Wildman–Crippen MR) is 26.1 cm³/mol. The van der Waals surface area contributed by atoms with Gasteiger partial charge in [-0.1, -0.05) is 0 Å². The molecule has 0 bridgehead atoms. The van der Waals surface area contributed by atoms with Crippen molar-refractivity contribution < 1.29 is 14.5 Å². The van der Waals surface area contributed by atoms with Gasteiger partial charge in [0.25, 0.3) is 0 Å². The van der Waals surface area contributed by atoms with Gasteiger partial charge >= 0.3 is 0 Å². The second-order valence-corrected chi connectivity index (χ2v) is 0.921. The third-order valence-corrected chi connectivity index (χ3v) is 0.440. The van der Waals surface area contributed by atoms with Crippen LogP contribution in [0.3, 0.4) is 0 Å². The number of aliphatic hydroxyl groups excluding tert-OH is 1. The van der Waals surface area contributed by atoms with Crippen LogP contribution < -0.4 is 0 Å². The van der Waals surface area contributed by atoms with E-state index in [-0.39, 0.29) is 11.3 Å². The highest BCUT2D eigenvalue weighted by molar-refractivity contribution is 4.18. The number of hydrogen-bond donors (Lipinski definition) is 1. The number of rotatable bonds is 3. The average molecular weight is 110 g/mol. The van der Waals surface area contributed by atoms with Crippen molar-refractivity contribution in [3.8, 4) is 0 Å². The standard InChI is InChI=1S/C4H10O2.FH/c1-2-6-4-3-5;/h5H,2-4H2,1H3;1H. The highest BCUT2D eigenvalue weighted by Gasteiger charge is 1.73. The van der Waals surface area contributed by atoms with Gasteiger partial charge in [-0.05, 0) is 6.92 Å². The van der Waals surface area contributed by atoms with Crippen LogP contribution in [0.2, 0.25) is 0 Å². The van der Waals surface area contributed by atoms with Crippen LogP contribution in [0.4, 0.5) is 4.70 Å². The van der Waals surface area contributed by atoms with E-state index in [0.717, 1.165) is 0 Å². The summed E-state index contributed by atoms with van der Waals surface area (Å²) in [5, 5.41) is 8.07. The van der Waals surface area contributed by atoms with E-state index >= 15 is 0 Å². The maximum atomic E-state index is 8.07. The first-order valence-electron chi connectivity index (χ1n) is 2.10. The summed E-state index contributed by atoms with van der Waals surface area (Å²) in [6.07, 6.45) is 0. The molecular weight excluding hydrogens is 99.0 g/mol. The Bertz CT molecular complexity index is 21.7. The van der Waals surface area contributed by atoms with Crippen molar-refractivity contribution in [1.29, 1.82) is 0 Å². The molecule has 0 atom stereocenters. The van der Waals surface area contributed by atoms with E-state index in [1.807, 2.05) is 6.92 Å². The lowest BCUT2D eigenvalue weighted by Gasteiger charge is -1.91. The monoisotopic (exact) mass is 110 g/mol. The lowest BCUT2D eigenvalue weighted by molar-refractivity contribution is 0.102. The Hall–Kier alpha value is -0.150. The van der Waals surface area contributed by atoms with Crippen molar-refractivity contribution in [2.45, 2.75) is 6.92 Å². The van der Waals surface area contributed by atoms with Gasteiger partial charge < -0.3 is 9.84 Å². The average Bonchev–Trinajstić information content (AvgIpc) is 1.61. The summed E-state index contributed by atoms with van der Waals surface area (Å²) in [7, 11) is 0. The van der Waals surface area contributed by atoms with Gasteiger partial charge in [0.05, 0.1) is 13.2 Å². The van der Waals surface area contributed by atoms with Gasteiger partial charge in [-0.15, -0.1) is 0 Å². The zero-order valence-corrected chi connectivity index (χ0v) is 4.39. The van der Waals surface area contributed by atoms with Crippen molar-refractivity contribution in [3.63, 3.8) is 0 Å². The molecule has 0 aromatic rings. The summed E-state index contributed by atoms with van der Waals surface area (Å²) in [5.41, 5.74) is 0. The minimum Gasteiger partial charge on any atom is -0.394 e. The van der Waals surface area contributed by atoms with Crippen LogP contribution in [-0.2, 0) is 4.74 Å². The van der Waals surface area contributed by atoms with Crippen molar-refractivity contribution >= 4 is 0 Å². The Morgan fingerprint density at radius 3 is 2.29 bits per heavy atom. The van der Waals surface area contributed by atoms with E-state index in [2.05, 4.69) is 0 Å². The normalized spacial score (nSPS) is 7.71. The number of halogens is 1. The molecule has 46 valence electrons. The quantitative estimate of drug-likeness (QED) is 0.525. The Morgan fingerprint density at radius 1 is 1.57 bits per heavy atom. The van der Waals surface area contributed by atoms with E-state index in [0.29, 0.717) is 13.2 Å². The fourth-order valence-corrected chi connectivity index (χ4v) is 0.209. The van der Waals surface area contributed by atoms with Crippen molar-refractivity contribution in [2.24, 2.45) is 0 Å². The summed E-state index contributed by atoms with van der Waals surface area (Å²) >= 11 is 0. The molecule has 0 heterocycles. The minimum absolute atomic E-state index is 0. The maximum absolute atomic E-state index is 8.07. The molecule has 0 aromatic heterocycles. The fraction of sp³-hybridized carbons (Fsp3) is 1.00. The SMILES string of the molecule is CCOCCO.F. The molecule has 0 fully saturated rings. The summed E-state index contributed by atoms with van der Waals surface area (Å²) in [6, 6.07) is 0. The highest BCUT2D eigenvalue weighted by atomic mass is 19.0. The van der Waals surface area contributed by atoms with Crippen molar-refractivity contribution in [3.05, 3.63) is 0 Å². The molecule has 0 aliphatic carbocycles. The van der Waals surface area contributed by atoms with Gasteiger partial charge in [0.1, 0.15) is 0 Å². The molecule has 0 aromatic carbocycles. The summed E-state index contributed by atoms with van der Waals surface area (Å²) in [4.78, 5) is 0. The summed E-state index contributed by atoms with van der Waals surface area (Å²) < 4.78 is 4.73. The molecule has 7 heavy (non-hydrogen) atoms. The van der Waals surface area contributed by atoms with Crippen LogP contribution in [0.25, 0.3) is 0 Å². The molecule has 0 radical (unpaired) electrons. The number of hydrogen-bond acceptors (Lipinski definition) is 2. The zero-order chi connectivity index (χ0) is 4.83. The van der Waals surface area contributed by atoms with Crippen molar-refractivity contribution in [2.75, 3.05) is 19.8 Å². The van der Waals surface area contributed by atoms with Gasteiger partial charge in [0, 0.05) is 6.61 Å². The van der Waals surface area contributed by atoms with Crippen LogP contribution in [0, 0.1) is 0 Å². The van der Waals surface area contributed by atoms with Gasteiger partial charge in [-0.2, -0.15) is 0 Å². The Kier molecular flexibility index (Phi) is 13.2. The molecule has 0 aliphatic rings. The zero-order valence-electron chi connectivity index (χ0n) is 4.39. The Morgan fingerprint density at radius 2 is 2.14 bits per heavy atom. The first-order chi connectivity index (χ1) is 2.91. The molecular formula is C4H11FO2. The second-order valence-electron chi connectivity index (χ2n) is 0.921. The number of aliphatic hydroxyl groups is 1. The summed E-state index contributed by atoms with van der Waals surface area (Å²) in [5.74, 6) is 0. The summed E-state index contributed by atoms with van der Waals surface area (Å²) in [6.45, 7) is 3.20. The molecule has 0 rings (SSSR count). The van der Waals surface area contributed by atoms with E-state index in [1.165, 1.54) is 0 Å². The molecule has 1 N–H and O–H groups in total. The minimum atomic E-state index is 0. The van der Waals surface area contributed by atoms with E-state index in [9.17, 15) is 0 Å². The first kappa shape index (κ1) is 9.97. The van der Waals surface area contributed by atoms with Crippen LogP contribution in [0.5, 0.6) is 0 Å². The van der Waals surface area contributed by atoms with E-state index in [4.69, 9.17) is 9.84 Å². The maximum Gasteiger partial charge on any atom is 0.0697 e. The van der Waals surface area contributed by atoms with Crippen molar-refractivity contribution in [1.82, 2.24) is 0 Å². The third-order valence-electron chi connectivity index (χ3n) is 0.440.